The maximum absolute atomic E-state index is 8.08. The van der Waals surface area contributed by atoms with Crippen LogP contribution in [0.1, 0.15) is 0 Å². The molecule has 0 aromatic rings. The summed E-state index contributed by atoms with van der Waals surface area (Å²) in [6.07, 6.45) is 0. The average Bonchev–Trinajstić information content (AvgIpc) is 2.47. The Bertz CT molecular complexity index is 866. The average molecular weight is 244 g/mol. The summed E-state index contributed by atoms with van der Waals surface area (Å²) in [6.45, 7) is 0. The first-order chi connectivity index (χ1) is 9.91. The van der Waals surface area contributed by atoms with E-state index in [1.54, 1.807) is 12.1 Å². The van der Waals surface area contributed by atoms with E-state index in [-0.39, 0.29) is 0 Å². The van der Waals surface area contributed by atoms with Crippen molar-refractivity contribution in [1.82, 2.24) is 0 Å². The Morgan fingerprint density at radius 3 is 0.550 bits per heavy atom. The molecular formula is C18N2. The zero-order valence-corrected chi connectivity index (χ0v) is 9.89. The second-order valence-corrected chi connectivity index (χ2v) is 2.22. The molecule has 0 aliphatic heterocycles. The lowest BCUT2D eigenvalue weighted by Gasteiger charge is -1.56. The van der Waals surface area contributed by atoms with Gasteiger partial charge in [-0.25, -0.2) is 0 Å². The Morgan fingerprint density at radius 2 is 0.400 bits per heavy atom. The van der Waals surface area contributed by atoms with Crippen LogP contribution in [-0.2, 0) is 0 Å². The Balaban J connectivity index is 4.34. The minimum Gasteiger partial charge on any atom is -0.183 e. The highest BCUT2D eigenvalue weighted by atomic mass is 14.2. The molecule has 0 atom stereocenters. The molecule has 0 N–H and O–H groups in total. The van der Waals surface area contributed by atoms with Gasteiger partial charge >= 0.3 is 0 Å². The molecule has 82 valence electrons. The maximum atomic E-state index is 8.08. The molecule has 0 aromatic carbocycles. The van der Waals surface area contributed by atoms with E-state index >= 15 is 0 Å². The Labute approximate surface area is 118 Å². The van der Waals surface area contributed by atoms with Crippen LogP contribution in [0.2, 0.25) is 0 Å². The summed E-state index contributed by atoms with van der Waals surface area (Å²) in [4.78, 5) is 0. The van der Waals surface area contributed by atoms with Crippen LogP contribution in [0.4, 0.5) is 0 Å². The van der Waals surface area contributed by atoms with Crippen LogP contribution >= 0.6 is 0 Å². The van der Waals surface area contributed by atoms with E-state index in [0.29, 0.717) is 0 Å². The van der Waals surface area contributed by atoms with Gasteiger partial charge in [-0.3, -0.25) is 0 Å². The summed E-state index contributed by atoms with van der Waals surface area (Å²) in [6, 6.07) is 3.23. The number of hydrogen-bond acceptors (Lipinski definition) is 2. The maximum Gasteiger partial charge on any atom is 0.153 e. The smallest absolute Gasteiger partial charge is 0.153 e. The van der Waals surface area contributed by atoms with Crippen molar-refractivity contribution in [2.75, 3.05) is 0 Å². The van der Waals surface area contributed by atoms with Crippen molar-refractivity contribution >= 4 is 0 Å². The van der Waals surface area contributed by atoms with Gasteiger partial charge in [-0.15, -0.1) is 0 Å². The molecule has 0 rings (SSSR count). The zero-order valence-electron chi connectivity index (χ0n) is 9.89. The van der Waals surface area contributed by atoms with Gasteiger partial charge in [-0.2, -0.15) is 10.5 Å². The van der Waals surface area contributed by atoms with Crippen LogP contribution in [0, 0.1) is 117 Å². The van der Waals surface area contributed by atoms with Gasteiger partial charge in [0.2, 0.25) is 0 Å². The van der Waals surface area contributed by atoms with Crippen molar-refractivity contribution < 1.29 is 0 Å². The lowest BCUT2D eigenvalue weighted by Crippen LogP contribution is -1.56. The van der Waals surface area contributed by atoms with Gasteiger partial charge in [0, 0.05) is 94.7 Å². The summed E-state index contributed by atoms with van der Waals surface area (Å²) in [7, 11) is 0. The van der Waals surface area contributed by atoms with E-state index in [2.05, 4.69) is 94.7 Å². The summed E-state index contributed by atoms with van der Waals surface area (Å²) >= 11 is 0. The third-order valence-corrected chi connectivity index (χ3v) is 1.05. The molecule has 20 heavy (non-hydrogen) atoms. The van der Waals surface area contributed by atoms with Gasteiger partial charge in [0.15, 0.2) is 12.1 Å². The summed E-state index contributed by atoms with van der Waals surface area (Å²) in [5.41, 5.74) is 0. The highest BCUT2D eigenvalue weighted by molar-refractivity contribution is 5.46. The van der Waals surface area contributed by atoms with E-state index in [1.165, 1.54) is 0 Å². The van der Waals surface area contributed by atoms with Crippen molar-refractivity contribution in [1.29, 1.82) is 10.5 Å². The minimum absolute atomic E-state index is 1.62. The molecule has 0 aromatic heterocycles. The first-order valence-corrected chi connectivity index (χ1v) is 4.70. The molecule has 0 saturated heterocycles. The van der Waals surface area contributed by atoms with E-state index in [9.17, 15) is 0 Å². The molecule has 0 radical (unpaired) electrons. The predicted molar refractivity (Wildman–Crippen MR) is 73.4 cm³/mol. The summed E-state index contributed by atoms with van der Waals surface area (Å²) in [5.74, 6) is 37.6. The van der Waals surface area contributed by atoms with Gasteiger partial charge in [-0.05, 0) is 0 Å². The number of nitrogens with zero attached hydrogens (tertiary/aromatic N) is 2. The van der Waals surface area contributed by atoms with Gasteiger partial charge in [-0.1, -0.05) is 0 Å². The summed E-state index contributed by atoms with van der Waals surface area (Å²) < 4.78 is 0. The first kappa shape index (κ1) is 15.5. The third-order valence-electron chi connectivity index (χ3n) is 1.05. The second kappa shape index (κ2) is 14.5. The summed E-state index contributed by atoms with van der Waals surface area (Å²) in [5, 5.41) is 16.2. The standard InChI is InChI=1S/C18N2/c19-17-15-13-11-9-7-5-3-1-2-4-6-8-10-12-14-16-18-20. The highest BCUT2D eigenvalue weighted by Gasteiger charge is 1.58. The van der Waals surface area contributed by atoms with Crippen LogP contribution in [0.5, 0.6) is 0 Å². The molecule has 2 heteroatoms. The highest BCUT2D eigenvalue weighted by Crippen LogP contribution is 1.58. The molecular weight excluding hydrogens is 244 g/mol. The fourth-order valence-corrected chi connectivity index (χ4v) is 0.493. The van der Waals surface area contributed by atoms with Crippen LogP contribution in [-0.4, -0.2) is 0 Å². The molecule has 0 amide bonds. The Hall–Kier alpha value is -4.54. The number of hydrogen-bond donors (Lipinski definition) is 0. The predicted octanol–water partition coefficient (Wildman–Crippen LogP) is 0.0608. The van der Waals surface area contributed by atoms with Gasteiger partial charge in [0.05, 0.1) is 0 Å². The second-order valence-electron chi connectivity index (χ2n) is 2.22. The molecule has 2 nitrogen and oxygen atoms in total. The molecule has 0 heterocycles. The van der Waals surface area contributed by atoms with E-state index in [0.717, 1.165) is 0 Å². The SMILES string of the molecule is N#CC#CC#CC#CC#CC#CC#CC#CC#CC#N. The molecule has 0 saturated carbocycles. The molecule has 0 aliphatic carbocycles. The fraction of sp³-hybridized carbons (Fsp3) is 0. The van der Waals surface area contributed by atoms with Crippen molar-refractivity contribution in [3.8, 4) is 107 Å². The third kappa shape index (κ3) is 13.5. The monoisotopic (exact) mass is 244 g/mol. The number of nitriles is 2. The van der Waals surface area contributed by atoms with Crippen molar-refractivity contribution in [3.05, 3.63) is 0 Å². The molecule has 0 fully saturated rings. The van der Waals surface area contributed by atoms with E-state index in [1.807, 2.05) is 0 Å². The van der Waals surface area contributed by atoms with Crippen molar-refractivity contribution in [2.24, 2.45) is 0 Å². The molecule has 0 unspecified atom stereocenters. The van der Waals surface area contributed by atoms with Crippen molar-refractivity contribution in [3.63, 3.8) is 0 Å². The van der Waals surface area contributed by atoms with Gasteiger partial charge in [0.25, 0.3) is 0 Å². The zero-order chi connectivity index (χ0) is 14.7. The fourth-order valence-electron chi connectivity index (χ4n) is 0.493. The van der Waals surface area contributed by atoms with E-state index in [4.69, 9.17) is 10.5 Å². The quantitative estimate of drug-likeness (QED) is 0.566. The molecule has 0 bridgehead atoms. The Morgan fingerprint density at radius 1 is 0.250 bits per heavy atom. The van der Waals surface area contributed by atoms with Crippen LogP contribution < -0.4 is 0 Å². The minimum atomic E-state index is 1.62. The Kier molecular flexibility index (Phi) is 11.2. The molecule has 0 aliphatic rings. The molecule has 0 spiro atoms. The van der Waals surface area contributed by atoms with E-state index < -0.39 is 0 Å². The lowest BCUT2D eigenvalue weighted by atomic mass is 10.5. The number of rotatable bonds is 0. The van der Waals surface area contributed by atoms with Gasteiger partial charge in [0.1, 0.15) is 0 Å². The van der Waals surface area contributed by atoms with Crippen molar-refractivity contribution in [2.45, 2.75) is 0 Å². The lowest BCUT2D eigenvalue weighted by molar-refractivity contribution is 1.55. The van der Waals surface area contributed by atoms with Crippen LogP contribution in [0.25, 0.3) is 0 Å². The first-order valence-electron chi connectivity index (χ1n) is 4.70. The van der Waals surface area contributed by atoms with Crippen LogP contribution in [0.3, 0.4) is 0 Å². The van der Waals surface area contributed by atoms with Gasteiger partial charge < -0.3 is 0 Å². The largest absolute Gasteiger partial charge is 0.183 e. The normalized spacial score (nSPS) is 3.70. The topological polar surface area (TPSA) is 47.6 Å². The van der Waals surface area contributed by atoms with Crippen LogP contribution in [0.15, 0.2) is 0 Å².